The van der Waals surface area contributed by atoms with Crippen LogP contribution >= 0.6 is 0 Å². The fourth-order valence-corrected chi connectivity index (χ4v) is 9.04. The number of carbonyl (C=O) groups is 3. The predicted molar refractivity (Wildman–Crippen MR) is 129 cm³/mol. The largest absolute Gasteiger partial charge is 1.00 e. The van der Waals surface area contributed by atoms with E-state index in [1.807, 2.05) is 20.8 Å². The summed E-state index contributed by atoms with van der Waals surface area (Å²) in [6, 6.07) is 8.35. The Balaban J connectivity index is 0.00000320. The van der Waals surface area contributed by atoms with E-state index in [0.717, 1.165) is 0 Å². The van der Waals surface area contributed by atoms with Crippen LogP contribution in [0, 0.1) is 41.1 Å². The van der Waals surface area contributed by atoms with Crippen molar-refractivity contribution in [2.24, 2.45) is 34.5 Å². The minimum absolute atomic E-state index is 0. The molecule has 37 heavy (non-hydrogen) atoms. The van der Waals surface area contributed by atoms with E-state index in [4.69, 9.17) is 4.74 Å². The van der Waals surface area contributed by atoms with Crippen LogP contribution < -0.4 is 29.6 Å². The molecule has 0 amide bonds. The first-order chi connectivity index (χ1) is 17.0. The van der Waals surface area contributed by atoms with Gasteiger partial charge in [0.2, 0.25) is 0 Å². The van der Waals surface area contributed by atoms with Crippen LogP contribution in [0.5, 0.6) is 0 Å². The van der Waals surface area contributed by atoms with Crippen LogP contribution in [0.15, 0.2) is 30.3 Å². The summed E-state index contributed by atoms with van der Waals surface area (Å²) >= 11 is 0. The SMILES string of the molecule is C[C@@H]1C[C@H]2[C@@H]3CC[C@@H]4CC(=O)CC[C@]4(C)[C@@]3(F)[C@@H](O)C[C@]2(C)[C@]1(OC(=O)c1ccccc1)C(=O)[CH-]O.[Na+]. The third-order valence-electron chi connectivity index (χ3n) is 10.8. The Hall–Kier alpha value is -1.25. The molecule has 1 aromatic carbocycles. The number of halogens is 1. The van der Waals surface area contributed by atoms with Crippen LogP contribution in [0.25, 0.3) is 0 Å². The Morgan fingerprint density at radius 1 is 1.11 bits per heavy atom. The number of fused-ring (bicyclic) bond motifs is 5. The molecule has 0 bridgehead atoms. The first-order valence-electron chi connectivity index (χ1n) is 13.1. The van der Waals surface area contributed by atoms with Gasteiger partial charge in [0, 0.05) is 29.6 Å². The Morgan fingerprint density at radius 2 is 1.78 bits per heavy atom. The molecule has 6 nitrogen and oxygen atoms in total. The zero-order chi connectivity index (χ0) is 26.1. The summed E-state index contributed by atoms with van der Waals surface area (Å²) in [4.78, 5) is 38.9. The van der Waals surface area contributed by atoms with E-state index in [1.54, 1.807) is 30.3 Å². The van der Waals surface area contributed by atoms with Gasteiger partial charge in [-0.1, -0.05) is 39.0 Å². The molecule has 0 saturated heterocycles. The third-order valence-corrected chi connectivity index (χ3v) is 10.8. The summed E-state index contributed by atoms with van der Waals surface area (Å²) in [5.74, 6) is -2.77. The second-order valence-corrected chi connectivity index (χ2v) is 12.2. The van der Waals surface area contributed by atoms with E-state index < -0.39 is 51.8 Å². The second kappa shape index (κ2) is 9.74. The molecule has 1 aromatic rings. The predicted octanol–water partition coefficient (Wildman–Crippen LogP) is 1.61. The standard InChI is InChI=1S/C29H36FO6.Na/c1-17-13-22-21-10-9-19-14-20(32)11-12-26(19,2)28(21,30)23(33)15-27(22,3)29(17,24(34)16-31)36-25(35)18-7-5-4-6-8-18;/h4-8,16-17,19,21-23,31,33H,9-15H2,1-3H3;/q-1;+1/t17-,19-,21+,22+,23+,26+,27+,28+,29-;/m1./s1. The number of rotatable bonds is 4. The molecule has 4 fully saturated rings. The van der Waals surface area contributed by atoms with Gasteiger partial charge in [-0.15, -0.1) is 0 Å². The number of hydrogen-bond donors (Lipinski definition) is 2. The number of hydrogen-bond acceptors (Lipinski definition) is 6. The van der Waals surface area contributed by atoms with Crippen molar-refractivity contribution in [3.8, 4) is 0 Å². The summed E-state index contributed by atoms with van der Waals surface area (Å²) in [5, 5.41) is 21.5. The minimum Gasteiger partial charge on any atom is -0.540 e. The summed E-state index contributed by atoms with van der Waals surface area (Å²) in [6.07, 6.45) is 1.20. The monoisotopic (exact) mass is 522 g/mol. The molecule has 4 aliphatic carbocycles. The molecular weight excluding hydrogens is 486 g/mol. The van der Waals surface area contributed by atoms with Crippen molar-refractivity contribution >= 4 is 17.5 Å². The van der Waals surface area contributed by atoms with Crippen molar-refractivity contribution in [3.63, 3.8) is 0 Å². The summed E-state index contributed by atoms with van der Waals surface area (Å²) in [6.45, 7) is 5.96. The van der Waals surface area contributed by atoms with Crippen LogP contribution in [0.2, 0.25) is 0 Å². The van der Waals surface area contributed by atoms with Crippen LogP contribution in [-0.4, -0.2) is 45.1 Å². The maximum Gasteiger partial charge on any atom is 1.00 e. The molecule has 4 saturated carbocycles. The molecule has 0 aromatic heterocycles. The molecule has 196 valence electrons. The van der Waals surface area contributed by atoms with Gasteiger partial charge in [0.05, 0.1) is 17.5 Å². The maximum absolute atomic E-state index is 17.4. The molecule has 0 radical (unpaired) electrons. The second-order valence-electron chi connectivity index (χ2n) is 12.2. The Labute approximate surface area is 240 Å². The minimum atomic E-state index is -1.91. The van der Waals surface area contributed by atoms with Gasteiger partial charge in [0.1, 0.15) is 11.5 Å². The summed E-state index contributed by atoms with van der Waals surface area (Å²) in [5.41, 5.74) is -5.29. The number of ether oxygens (including phenoxy) is 1. The number of aliphatic hydroxyl groups excluding tert-OH is 2. The molecule has 0 unspecified atom stereocenters. The summed E-state index contributed by atoms with van der Waals surface area (Å²) in [7, 11) is 0. The molecule has 4 aliphatic rings. The normalized spacial score (nSPS) is 44.5. The van der Waals surface area contributed by atoms with Crippen molar-refractivity contribution in [1.82, 2.24) is 0 Å². The molecule has 5 rings (SSSR count). The van der Waals surface area contributed by atoms with Crippen molar-refractivity contribution < 1.29 is 63.3 Å². The van der Waals surface area contributed by atoms with Gasteiger partial charge in [0.15, 0.2) is 5.60 Å². The van der Waals surface area contributed by atoms with E-state index in [-0.39, 0.29) is 59.2 Å². The Morgan fingerprint density at radius 3 is 2.43 bits per heavy atom. The van der Waals surface area contributed by atoms with Crippen LogP contribution in [0.4, 0.5) is 4.39 Å². The first kappa shape index (κ1) is 28.8. The van der Waals surface area contributed by atoms with Crippen molar-refractivity contribution in [3.05, 3.63) is 42.5 Å². The topological polar surface area (TPSA) is 101 Å². The Kier molecular flexibility index (Phi) is 7.57. The molecule has 0 aliphatic heterocycles. The smallest absolute Gasteiger partial charge is 0.540 e. The quantitative estimate of drug-likeness (QED) is 0.354. The van der Waals surface area contributed by atoms with Gasteiger partial charge in [-0.2, -0.15) is 0 Å². The average molecular weight is 523 g/mol. The van der Waals surface area contributed by atoms with Gasteiger partial charge in [-0.05, 0) is 62.0 Å². The van der Waals surface area contributed by atoms with Gasteiger partial charge in [0.25, 0.3) is 0 Å². The van der Waals surface area contributed by atoms with Crippen molar-refractivity contribution in [2.45, 2.75) is 83.1 Å². The Bertz CT molecular complexity index is 1080. The molecule has 0 heterocycles. The zero-order valence-electron chi connectivity index (χ0n) is 22.2. The molecule has 2 N–H and O–H groups in total. The number of aliphatic hydroxyl groups is 2. The maximum atomic E-state index is 17.4. The number of esters is 1. The van der Waals surface area contributed by atoms with E-state index in [9.17, 15) is 24.6 Å². The first-order valence-corrected chi connectivity index (χ1v) is 13.1. The molecule has 9 atom stereocenters. The van der Waals surface area contributed by atoms with Crippen LogP contribution in [0.3, 0.4) is 0 Å². The molecule has 8 heteroatoms. The van der Waals surface area contributed by atoms with E-state index in [2.05, 4.69) is 0 Å². The number of benzene rings is 1. The van der Waals surface area contributed by atoms with E-state index in [1.165, 1.54) is 0 Å². The van der Waals surface area contributed by atoms with Gasteiger partial charge < -0.3 is 19.7 Å². The van der Waals surface area contributed by atoms with Crippen molar-refractivity contribution in [2.75, 3.05) is 0 Å². The van der Waals surface area contributed by atoms with E-state index in [0.29, 0.717) is 45.1 Å². The van der Waals surface area contributed by atoms with Crippen LogP contribution in [0.1, 0.15) is 76.1 Å². The summed E-state index contributed by atoms with van der Waals surface area (Å²) < 4.78 is 23.5. The van der Waals surface area contributed by atoms with Gasteiger partial charge >= 0.3 is 35.5 Å². The number of ketones is 2. The number of carbonyl (C=O) groups excluding carboxylic acids is 3. The van der Waals surface area contributed by atoms with Gasteiger partial charge in [-0.25, -0.2) is 15.8 Å². The molecular formula is C29H36FNaO6. The molecule has 0 spiro atoms. The zero-order valence-corrected chi connectivity index (χ0v) is 24.2. The fraction of sp³-hybridized carbons (Fsp3) is 0.655. The van der Waals surface area contributed by atoms with E-state index >= 15 is 4.39 Å². The number of Topliss-reactive ketones (excluding diaryl/α,β-unsaturated/α-hetero) is 2. The fourth-order valence-electron chi connectivity index (χ4n) is 9.04. The average Bonchev–Trinajstić information content (AvgIpc) is 3.07. The van der Waals surface area contributed by atoms with Gasteiger partial charge in [-0.3, -0.25) is 4.79 Å². The van der Waals surface area contributed by atoms with Crippen LogP contribution in [-0.2, 0) is 14.3 Å². The third kappa shape index (κ3) is 3.75. The number of alkyl halides is 1. The van der Waals surface area contributed by atoms with Crippen molar-refractivity contribution in [1.29, 1.82) is 0 Å².